The summed E-state index contributed by atoms with van der Waals surface area (Å²) < 4.78 is 1.77. The Bertz CT molecular complexity index is 270. The maximum absolute atomic E-state index is 5.71. The van der Waals surface area contributed by atoms with Gasteiger partial charge < -0.3 is 5.73 Å². The van der Waals surface area contributed by atoms with Crippen LogP contribution in [0.4, 0.5) is 0 Å². The molecule has 2 N–H and O–H groups in total. The first-order valence-corrected chi connectivity index (χ1v) is 4.42. The van der Waals surface area contributed by atoms with E-state index in [1.54, 1.807) is 4.68 Å². The quantitative estimate of drug-likeness (QED) is 0.734. The molecule has 0 bridgehead atoms. The van der Waals surface area contributed by atoms with E-state index in [4.69, 9.17) is 5.73 Å². The summed E-state index contributed by atoms with van der Waals surface area (Å²) in [5.74, 6) is 0.745. The predicted molar refractivity (Wildman–Crippen MR) is 49.9 cm³/mol. The summed E-state index contributed by atoms with van der Waals surface area (Å²) in [5.41, 5.74) is 5.88. The number of hydrogen-bond donors (Lipinski definition) is 1. The number of tetrazole rings is 1. The molecular formula is C8H17N5. The van der Waals surface area contributed by atoms with Gasteiger partial charge >= 0.3 is 0 Å². The van der Waals surface area contributed by atoms with Crippen molar-refractivity contribution in [2.24, 2.45) is 11.1 Å². The van der Waals surface area contributed by atoms with Gasteiger partial charge in [-0.3, -0.25) is 0 Å². The molecule has 13 heavy (non-hydrogen) atoms. The van der Waals surface area contributed by atoms with Crippen LogP contribution in [0.3, 0.4) is 0 Å². The third-order valence-electron chi connectivity index (χ3n) is 1.59. The summed E-state index contributed by atoms with van der Waals surface area (Å²) in [5, 5.41) is 11.4. The van der Waals surface area contributed by atoms with Crippen LogP contribution in [0.5, 0.6) is 0 Å². The van der Waals surface area contributed by atoms with Crippen LogP contribution < -0.4 is 5.73 Å². The zero-order valence-corrected chi connectivity index (χ0v) is 8.65. The van der Waals surface area contributed by atoms with Crippen LogP contribution in [0.25, 0.3) is 0 Å². The topological polar surface area (TPSA) is 69.6 Å². The second-order valence-corrected chi connectivity index (χ2v) is 4.54. The van der Waals surface area contributed by atoms with E-state index in [0.29, 0.717) is 0 Å². The molecule has 0 saturated heterocycles. The molecule has 5 nitrogen and oxygen atoms in total. The SMILES string of the molecule is CC(N)c1nnnn1CC(C)(C)C. The predicted octanol–water partition coefficient (Wildman–Crippen LogP) is 0.739. The Hall–Kier alpha value is -0.970. The number of aromatic nitrogens is 4. The maximum Gasteiger partial charge on any atom is 0.167 e. The van der Waals surface area contributed by atoms with E-state index >= 15 is 0 Å². The molecule has 0 amide bonds. The molecule has 1 unspecified atom stereocenters. The Morgan fingerprint density at radius 3 is 2.54 bits per heavy atom. The van der Waals surface area contributed by atoms with Gasteiger partial charge in [0.15, 0.2) is 5.82 Å². The summed E-state index contributed by atoms with van der Waals surface area (Å²) in [6.45, 7) is 9.08. The van der Waals surface area contributed by atoms with E-state index in [-0.39, 0.29) is 11.5 Å². The molecule has 0 spiro atoms. The van der Waals surface area contributed by atoms with Crippen LogP contribution in [0.1, 0.15) is 39.6 Å². The zero-order valence-electron chi connectivity index (χ0n) is 8.65. The number of rotatable bonds is 2. The van der Waals surface area contributed by atoms with E-state index in [9.17, 15) is 0 Å². The van der Waals surface area contributed by atoms with Crippen molar-refractivity contribution in [2.75, 3.05) is 0 Å². The summed E-state index contributed by atoms with van der Waals surface area (Å²) in [7, 11) is 0. The normalized spacial score (nSPS) is 14.5. The second kappa shape index (κ2) is 3.41. The van der Waals surface area contributed by atoms with Crippen molar-refractivity contribution >= 4 is 0 Å². The lowest BCUT2D eigenvalue weighted by atomic mass is 9.97. The average Bonchev–Trinajstić information content (AvgIpc) is 2.31. The molecule has 0 radical (unpaired) electrons. The van der Waals surface area contributed by atoms with Crippen LogP contribution in [0, 0.1) is 5.41 Å². The Kier molecular flexibility index (Phi) is 2.66. The Labute approximate surface area is 78.3 Å². The van der Waals surface area contributed by atoms with Gasteiger partial charge in [-0.25, -0.2) is 4.68 Å². The highest BCUT2D eigenvalue weighted by molar-refractivity contribution is 4.88. The molecule has 1 rings (SSSR count). The van der Waals surface area contributed by atoms with Crippen LogP contribution in [-0.4, -0.2) is 20.2 Å². The van der Waals surface area contributed by atoms with Crippen LogP contribution in [-0.2, 0) is 6.54 Å². The van der Waals surface area contributed by atoms with Crippen molar-refractivity contribution in [1.82, 2.24) is 20.2 Å². The third kappa shape index (κ3) is 2.77. The fourth-order valence-electron chi connectivity index (χ4n) is 1.10. The number of nitrogens with zero attached hydrogens (tertiary/aromatic N) is 4. The fraction of sp³-hybridized carbons (Fsp3) is 0.875. The minimum absolute atomic E-state index is 0.114. The van der Waals surface area contributed by atoms with Gasteiger partial charge in [0.1, 0.15) is 0 Å². The first-order valence-electron chi connectivity index (χ1n) is 4.42. The van der Waals surface area contributed by atoms with E-state index in [1.807, 2.05) is 6.92 Å². The lowest BCUT2D eigenvalue weighted by Crippen LogP contribution is -2.21. The van der Waals surface area contributed by atoms with Crippen LogP contribution in [0.15, 0.2) is 0 Å². The third-order valence-corrected chi connectivity index (χ3v) is 1.59. The van der Waals surface area contributed by atoms with Gasteiger partial charge in [0.05, 0.1) is 6.04 Å². The summed E-state index contributed by atoms with van der Waals surface area (Å²) in [6.07, 6.45) is 0. The van der Waals surface area contributed by atoms with E-state index < -0.39 is 0 Å². The molecule has 5 heteroatoms. The molecule has 0 aliphatic carbocycles. The van der Waals surface area contributed by atoms with Crippen molar-refractivity contribution in [3.05, 3.63) is 5.82 Å². The average molecular weight is 183 g/mol. The highest BCUT2D eigenvalue weighted by atomic mass is 15.5. The van der Waals surface area contributed by atoms with Gasteiger partial charge in [0, 0.05) is 6.54 Å². The van der Waals surface area contributed by atoms with Gasteiger partial charge in [-0.1, -0.05) is 20.8 Å². The maximum atomic E-state index is 5.71. The smallest absolute Gasteiger partial charge is 0.167 e. The van der Waals surface area contributed by atoms with E-state index in [2.05, 4.69) is 36.3 Å². The fourth-order valence-corrected chi connectivity index (χ4v) is 1.10. The molecule has 1 atom stereocenters. The highest BCUT2D eigenvalue weighted by Gasteiger charge is 2.17. The standard InChI is InChI=1S/C8H17N5/c1-6(9)7-10-11-12-13(7)5-8(2,3)4/h6H,5,9H2,1-4H3. The molecule has 0 fully saturated rings. The molecule has 74 valence electrons. The lowest BCUT2D eigenvalue weighted by molar-refractivity contribution is 0.312. The summed E-state index contributed by atoms with van der Waals surface area (Å²) in [6, 6.07) is -0.114. The Morgan fingerprint density at radius 2 is 2.08 bits per heavy atom. The zero-order chi connectivity index (χ0) is 10.1. The van der Waals surface area contributed by atoms with Crippen molar-refractivity contribution in [2.45, 2.75) is 40.3 Å². The second-order valence-electron chi connectivity index (χ2n) is 4.54. The molecule has 1 aromatic heterocycles. The largest absolute Gasteiger partial charge is 0.322 e. The Morgan fingerprint density at radius 1 is 1.46 bits per heavy atom. The lowest BCUT2D eigenvalue weighted by Gasteiger charge is -2.18. The Balaban J connectivity index is 2.83. The van der Waals surface area contributed by atoms with Gasteiger partial charge in [-0.2, -0.15) is 0 Å². The van der Waals surface area contributed by atoms with Gasteiger partial charge in [-0.15, -0.1) is 5.10 Å². The molecule has 1 heterocycles. The van der Waals surface area contributed by atoms with Gasteiger partial charge in [0.25, 0.3) is 0 Å². The van der Waals surface area contributed by atoms with E-state index in [0.717, 1.165) is 12.4 Å². The summed E-state index contributed by atoms with van der Waals surface area (Å²) >= 11 is 0. The van der Waals surface area contributed by atoms with Crippen molar-refractivity contribution < 1.29 is 0 Å². The van der Waals surface area contributed by atoms with Crippen LogP contribution >= 0.6 is 0 Å². The molecule has 0 saturated carbocycles. The summed E-state index contributed by atoms with van der Waals surface area (Å²) in [4.78, 5) is 0. The molecule has 0 aliphatic rings. The van der Waals surface area contributed by atoms with Crippen molar-refractivity contribution in [3.8, 4) is 0 Å². The first-order chi connectivity index (χ1) is 5.90. The molecule has 1 aromatic rings. The van der Waals surface area contributed by atoms with Gasteiger partial charge in [0.2, 0.25) is 0 Å². The monoisotopic (exact) mass is 183 g/mol. The number of hydrogen-bond acceptors (Lipinski definition) is 4. The first kappa shape index (κ1) is 10.1. The molecule has 0 aromatic carbocycles. The highest BCUT2D eigenvalue weighted by Crippen LogP contribution is 2.17. The van der Waals surface area contributed by atoms with Crippen molar-refractivity contribution in [3.63, 3.8) is 0 Å². The van der Waals surface area contributed by atoms with Crippen LogP contribution in [0.2, 0.25) is 0 Å². The molecule has 0 aliphatic heterocycles. The minimum atomic E-state index is -0.114. The van der Waals surface area contributed by atoms with E-state index in [1.165, 1.54) is 0 Å². The van der Waals surface area contributed by atoms with Gasteiger partial charge in [-0.05, 0) is 22.8 Å². The number of nitrogens with two attached hydrogens (primary N) is 1. The van der Waals surface area contributed by atoms with Crippen molar-refractivity contribution in [1.29, 1.82) is 0 Å². The minimum Gasteiger partial charge on any atom is -0.322 e. The molecular weight excluding hydrogens is 166 g/mol.